The second-order valence-electron chi connectivity index (χ2n) is 7.00. The standard InChI is InChI=1S/C22H24/c1-22(20-11-7-4-8-12-20,19-9-5-2-3-6-10-19)21-14-13-17-15-18(17)16-21/h2,5-7,9-14,16-18H,3-4,8,15H2,1H3. The first kappa shape index (κ1) is 13.8. The largest absolute Gasteiger partial charge is 0.0839 e. The molecule has 1 fully saturated rings. The van der Waals surface area contributed by atoms with E-state index in [9.17, 15) is 0 Å². The van der Waals surface area contributed by atoms with Gasteiger partial charge in [0.1, 0.15) is 0 Å². The number of hydrogen-bond donors (Lipinski definition) is 0. The van der Waals surface area contributed by atoms with Crippen LogP contribution in [0.1, 0.15) is 32.6 Å². The molecule has 1 saturated carbocycles. The van der Waals surface area contributed by atoms with Gasteiger partial charge in [0.25, 0.3) is 0 Å². The molecule has 0 heteroatoms. The van der Waals surface area contributed by atoms with E-state index in [1.165, 1.54) is 29.6 Å². The van der Waals surface area contributed by atoms with Gasteiger partial charge in [0.05, 0.1) is 0 Å². The second kappa shape index (κ2) is 5.43. The van der Waals surface area contributed by atoms with E-state index in [0.29, 0.717) is 0 Å². The summed E-state index contributed by atoms with van der Waals surface area (Å²) in [5.41, 5.74) is 4.33. The predicted molar refractivity (Wildman–Crippen MR) is 94.4 cm³/mol. The molecular weight excluding hydrogens is 264 g/mol. The predicted octanol–water partition coefficient (Wildman–Crippen LogP) is 5.84. The van der Waals surface area contributed by atoms with Crippen molar-refractivity contribution in [3.63, 3.8) is 0 Å². The van der Waals surface area contributed by atoms with E-state index in [2.05, 4.69) is 73.8 Å². The number of fused-ring (bicyclic) bond motifs is 1. The lowest BCUT2D eigenvalue weighted by Crippen LogP contribution is -2.24. The molecule has 0 bridgehead atoms. The first-order chi connectivity index (χ1) is 10.8. The van der Waals surface area contributed by atoms with Crippen LogP contribution in [0, 0.1) is 17.3 Å². The molecule has 4 rings (SSSR count). The van der Waals surface area contributed by atoms with Gasteiger partial charge >= 0.3 is 0 Å². The maximum absolute atomic E-state index is 2.54. The summed E-state index contributed by atoms with van der Waals surface area (Å²) in [4.78, 5) is 0. The minimum Gasteiger partial charge on any atom is -0.0839 e. The fourth-order valence-corrected chi connectivity index (χ4v) is 3.89. The zero-order valence-corrected chi connectivity index (χ0v) is 13.3. The van der Waals surface area contributed by atoms with Crippen LogP contribution < -0.4 is 0 Å². The van der Waals surface area contributed by atoms with Gasteiger partial charge in [0, 0.05) is 5.41 Å². The highest BCUT2D eigenvalue weighted by molar-refractivity contribution is 5.55. The Morgan fingerprint density at radius 2 is 1.82 bits per heavy atom. The van der Waals surface area contributed by atoms with Crippen LogP contribution in [0.3, 0.4) is 0 Å². The van der Waals surface area contributed by atoms with E-state index >= 15 is 0 Å². The monoisotopic (exact) mass is 288 g/mol. The molecule has 0 aromatic heterocycles. The average molecular weight is 288 g/mol. The molecule has 0 heterocycles. The molecule has 3 atom stereocenters. The molecule has 0 saturated heterocycles. The zero-order chi connectivity index (χ0) is 15.0. The smallest absolute Gasteiger partial charge is 0.0416 e. The third kappa shape index (κ3) is 2.31. The van der Waals surface area contributed by atoms with Gasteiger partial charge in [-0.1, -0.05) is 66.8 Å². The van der Waals surface area contributed by atoms with Crippen molar-refractivity contribution in [2.75, 3.05) is 0 Å². The van der Waals surface area contributed by atoms with Crippen LogP contribution in [0.15, 0.2) is 83.6 Å². The Hall–Kier alpha value is -1.82. The highest BCUT2D eigenvalue weighted by Gasteiger charge is 2.41. The Bertz CT molecular complexity index is 675. The van der Waals surface area contributed by atoms with Crippen molar-refractivity contribution in [1.29, 1.82) is 0 Å². The minimum atomic E-state index is -0.0217. The summed E-state index contributed by atoms with van der Waals surface area (Å²) in [6.45, 7) is 2.41. The van der Waals surface area contributed by atoms with Gasteiger partial charge in [-0.3, -0.25) is 0 Å². The molecular formula is C22H24. The fourth-order valence-electron chi connectivity index (χ4n) is 3.89. The Morgan fingerprint density at radius 3 is 2.64 bits per heavy atom. The zero-order valence-electron chi connectivity index (χ0n) is 13.3. The van der Waals surface area contributed by atoms with Gasteiger partial charge in [-0.05, 0) is 61.2 Å². The molecule has 0 aromatic rings. The molecule has 0 nitrogen and oxygen atoms in total. The SMILES string of the molecule is CC(C1=CC=CCC=C1)(C1=CCCC=C1)C1=CC2CC2C=C1. The molecule has 0 amide bonds. The number of allylic oxidation sites excluding steroid dienone is 14. The summed E-state index contributed by atoms with van der Waals surface area (Å²) < 4.78 is 0. The summed E-state index contributed by atoms with van der Waals surface area (Å²) in [5, 5.41) is 0. The summed E-state index contributed by atoms with van der Waals surface area (Å²) in [6.07, 6.45) is 30.6. The van der Waals surface area contributed by atoms with Crippen LogP contribution >= 0.6 is 0 Å². The lowest BCUT2D eigenvalue weighted by atomic mass is 9.67. The van der Waals surface area contributed by atoms with Gasteiger partial charge in [0.15, 0.2) is 0 Å². The third-order valence-electron chi connectivity index (χ3n) is 5.52. The van der Waals surface area contributed by atoms with E-state index in [1.54, 1.807) is 0 Å². The second-order valence-corrected chi connectivity index (χ2v) is 7.00. The third-order valence-corrected chi connectivity index (χ3v) is 5.52. The van der Waals surface area contributed by atoms with Crippen molar-refractivity contribution in [3.8, 4) is 0 Å². The van der Waals surface area contributed by atoms with Crippen LogP contribution in [-0.2, 0) is 0 Å². The normalized spacial score (nSPS) is 31.6. The summed E-state index contributed by atoms with van der Waals surface area (Å²) in [5.74, 6) is 1.61. The first-order valence-corrected chi connectivity index (χ1v) is 8.60. The van der Waals surface area contributed by atoms with Crippen LogP contribution in [-0.4, -0.2) is 0 Å². The number of rotatable bonds is 3. The van der Waals surface area contributed by atoms with E-state index in [4.69, 9.17) is 0 Å². The molecule has 0 aromatic carbocycles. The Balaban J connectivity index is 1.82. The number of hydrogen-bond acceptors (Lipinski definition) is 0. The molecule has 0 radical (unpaired) electrons. The lowest BCUT2D eigenvalue weighted by molar-refractivity contribution is 0.600. The highest BCUT2D eigenvalue weighted by atomic mass is 14.4. The van der Waals surface area contributed by atoms with Crippen molar-refractivity contribution in [2.45, 2.75) is 32.6 Å². The topological polar surface area (TPSA) is 0 Å². The van der Waals surface area contributed by atoms with E-state index in [-0.39, 0.29) is 5.41 Å². The molecule has 0 N–H and O–H groups in total. The molecule has 112 valence electrons. The minimum absolute atomic E-state index is 0.0217. The summed E-state index contributed by atoms with van der Waals surface area (Å²) in [7, 11) is 0. The first-order valence-electron chi connectivity index (χ1n) is 8.60. The van der Waals surface area contributed by atoms with Crippen molar-refractivity contribution >= 4 is 0 Å². The maximum atomic E-state index is 2.54. The van der Waals surface area contributed by atoms with Crippen molar-refractivity contribution in [2.24, 2.45) is 17.3 Å². The molecule has 22 heavy (non-hydrogen) atoms. The molecule has 0 aliphatic heterocycles. The molecule has 4 aliphatic carbocycles. The van der Waals surface area contributed by atoms with Gasteiger partial charge in [-0.15, -0.1) is 0 Å². The lowest BCUT2D eigenvalue weighted by Gasteiger charge is -2.36. The maximum Gasteiger partial charge on any atom is 0.0416 e. The van der Waals surface area contributed by atoms with Crippen LogP contribution in [0.25, 0.3) is 0 Å². The molecule has 4 aliphatic rings. The Morgan fingerprint density at radius 1 is 0.909 bits per heavy atom. The summed E-state index contributed by atoms with van der Waals surface area (Å²) >= 11 is 0. The summed E-state index contributed by atoms with van der Waals surface area (Å²) in [6, 6.07) is 0. The van der Waals surface area contributed by atoms with Crippen LogP contribution in [0.2, 0.25) is 0 Å². The Kier molecular flexibility index (Phi) is 3.41. The van der Waals surface area contributed by atoms with E-state index in [1.807, 2.05) is 0 Å². The van der Waals surface area contributed by atoms with Gasteiger partial charge < -0.3 is 0 Å². The van der Waals surface area contributed by atoms with Crippen molar-refractivity contribution < 1.29 is 0 Å². The fraction of sp³-hybridized carbons (Fsp3) is 0.364. The van der Waals surface area contributed by atoms with Gasteiger partial charge in [-0.2, -0.15) is 0 Å². The average Bonchev–Trinajstić information content (AvgIpc) is 3.37. The van der Waals surface area contributed by atoms with E-state index in [0.717, 1.165) is 24.7 Å². The Labute approximate surface area is 134 Å². The van der Waals surface area contributed by atoms with Crippen LogP contribution in [0.5, 0.6) is 0 Å². The van der Waals surface area contributed by atoms with Gasteiger partial charge in [0.2, 0.25) is 0 Å². The quantitative estimate of drug-likeness (QED) is 0.611. The highest BCUT2D eigenvalue weighted by Crippen LogP contribution is 2.52. The van der Waals surface area contributed by atoms with E-state index < -0.39 is 0 Å². The van der Waals surface area contributed by atoms with Crippen LogP contribution in [0.4, 0.5) is 0 Å². The molecule has 3 unspecified atom stereocenters. The van der Waals surface area contributed by atoms with Crippen molar-refractivity contribution in [3.05, 3.63) is 83.6 Å². The molecule has 0 spiro atoms. The van der Waals surface area contributed by atoms with Gasteiger partial charge in [-0.25, -0.2) is 0 Å². The van der Waals surface area contributed by atoms with Crippen molar-refractivity contribution in [1.82, 2.24) is 0 Å².